The van der Waals surface area contributed by atoms with Crippen molar-refractivity contribution in [3.63, 3.8) is 0 Å². The summed E-state index contributed by atoms with van der Waals surface area (Å²) in [7, 11) is 0. The second kappa shape index (κ2) is 5.68. The first kappa shape index (κ1) is 14.0. The summed E-state index contributed by atoms with van der Waals surface area (Å²) in [5, 5.41) is 19.9. The zero-order valence-corrected chi connectivity index (χ0v) is 10.7. The van der Waals surface area contributed by atoms with Gasteiger partial charge in [-0.05, 0) is 12.8 Å². The van der Waals surface area contributed by atoms with E-state index in [4.69, 9.17) is 5.11 Å². The lowest BCUT2D eigenvalue weighted by Gasteiger charge is -2.21. The number of likely N-dealkylation sites (tertiary alicyclic amines) is 1. The van der Waals surface area contributed by atoms with E-state index in [-0.39, 0.29) is 31.0 Å². The summed E-state index contributed by atoms with van der Waals surface area (Å²) in [5.74, 6) is -1.24. The zero-order valence-electron chi connectivity index (χ0n) is 10.7. The monoisotopic (exact) mass is 278 g/mol. The normalized spacial score (nSPS) is 18.3. The molecule has 1 fully saturated rings. The number of carboxylic acid groups (broad SMARTS) is 1. The molecule has 1 aliphatic heterocycles. The van der Waals surface area contributed by atoms with E-state index in [9.17, 15) is 19.7 Å². The molecule has 0 bridgehead atoms. The largest absolute Gasteiger partial charge is 0.480 e. The van der Waals surface area contributed by atoms with Crippen LogP contribution in [0, 0.1) is 10.1 Å². The third-order valence-electron chi connectivity index (χ3n) is 3.42. The van der Waals surface area contributed by atoms with Crippen molar-refractivity contribution in [1.82, 2.24) is 4.90 Å². The van der Waals surface area contributed by atoms with E-state index in [2.05, 4.69) is 0 Å². The van der Waals surface area contributed by atoms with E-state index < -0.39 is 16.9 Å². The number of hydrogen-bond acceptors (Lipinski definition) is 4. The van der Waals surface area contributed by atoms with Gasteiger partial charge in [-0.2, -0.15) is 0 Å². The van der Waals surface area contributed by atoms with E-state index in [0.717, 1.165) is 0 Å². The van der Waals surface area contributed by atoms with Gasteiger partial charge in [0.15, 0.2) is 0 Å². The number of para-hydroxylation sites is 1. The highest BCUT2D eigenvalue weighted by Crippen LogP contribution is 2.22. The molecule has 0 saturated carbocycles. The van der Waals surface area contributed by atoms with Crippen molar-refractivity contribution in [2.24, 2.45) is 0 Å². The fourth-order valence-corrected chi connectivity index (χ4v) is 2.41. The van der Waals surface area contributed by atoms with E-state index in [1.807, 2.05) is 0 Å². The van der Waals surface area contributed by atoms with Gasteiger partial charge in [0, 0.05) is 24.6 Å². The molecule has 1 aromatic carbocycles. The summed E-state index contributed by atoms with van der Waals surface area (Å²) in [5.41, 5.74) is 0.493. The Morgan fingerprint density at radius 2 is 2.15 bits per heavy atom. The molecule has 20 heavy (non-hydrogen) atoms. The molecule has 0 aromatic heterocycles. The van der Waals surface area contributed by atoms with Gasteiger partial charge in [-0.25, -0.2) is 4.79 Å². The molecule has 1 aromatic rings. The minimum Gasteiger partial charge on any atom is -0.480 e. The fourth-order valence-electron chi connectivity index (χ4n) is 2.41. The SMILES string of the molecule is O=C(O)C1CCC(=O)N1CCc1ccccc1[N+](=O)[O-]. The standard InChI is InChI=1S/C13H14N2O5/c16-12-6-5-11(13(17)18)14(12)8-7-9-3-1-2-4-10(9)15(19)20/h1-4,11H,5-8H2,(H,17,18). The molecule has 106 valence electrons. The van der Waals surface area contributed by atoms with Crippen LogP contribution in [0.15, 0.2) is 24.3 Å². The number of nitrogens with zero attached hydrogens (tertiary/aromatic N) is 2. The number of amides is 1. The van der Waals surface area contributed by atoms with Crippen molar-refractivity contribution in [2.45, 2.75) is 25.3 Å². The Labute approximate surface area is 115 Å². The Morgan fingerprint density at radius 1 is 1.45 bits per heavy atom. The molecule has 1 aliphatic rings. The fraction of sp³-hybridized carbons (Fsp3) is 0.385. The van der Waals surface area contributed by atoms with Gasteiger partial charge < -0.3 is 10.0 Å². The van der Waals surface area contributed by atoms with Crippen molar-refractivity contribution in [2.75, 3.05) is 6.54 Å². The van der Waals surface area contributed by atoms with Gasteiger partial charge in [-0.1, -0.05) is 18.2 Å². The highest BCUT2D eigenvalue weighted by molar-refractivity contribution is 5.87. The number of carbonyl (C=O) groups excluding carboxylic acids is 1. The van der Waals surface area contributed by atoms with Crippen LogP contribution in [0.4, 0.5) is 5.69 Å². The highest BCUT2D eigenvalue weighted by Gasteiger charge is 2.35. The summed E-state index contributed by atoms with van der Waals surface area (Å²) in [6.45, 7) is 0.181. The number of nitro benzene ring substituents is 1. The van der Waals surface area contributed by atoms with Crippen LogP contribution in [0.5, 0.6) is 0 Å². The van der Waals surface area contributed by atoms with Crippen LogP contribution in [0.2, 0.25) is 0 Å². The highest BCUT2D eigenvalue weighted by atomic mass is 16.6. The second-order valence-electron chi connectivity index (χ2n) is 4.62. The lowest BCUT2D eigenvalue weighted by atomic mass is 10.1. The van der Waals surface area contributed by atoms with Crippen LogP contribution < -0.4 is 0 Å². The van der Waals surface area contributed by atoms with Gasteiger partial charge in [0.2, 0.25) is 5.91 Å². The summed E-state index contributed by atoms with van der Waals surface area (Å²) in [6.07, 6.45) is 0.783. The van der Waals surface area contributed by atoms with Crippen molar-refractivity contribution in [1.29, 1.82) is 0 Å². The molecule has 1 unspecified atom stereocenters. The van der Waals surface area contributed by atoms with Gasteiger partial charge in [0.1, 0.15) is 6.04 Å². The molecule has 2 rings (SSSR count). The molecule has 0 radical (unpaired) electrons. The Morgan fingerprint density at radius 3 is 2.80 bits per heavy atom. The zero-order chi connectivity index (χ0) is 14.7. The van der Waals surface area contributed by atoms with Crippen LogP contribution in [-0.2, 0) is 16.0 Å². The maximum Gasteiger partial charge on any atom is 0.326 e. The average Bonchev–Trinajstić information content (AvgIpc) is 2.78. The Balaban J connectivity index is 2.10. The maximum atomic E-state index is 11.7. The number of carboxylic acids is 1. The molecule has 0 aliphatic carbocycles. The van der Waals surface area contributed by atoms with Crippen molar-refractivity contribution in [3.05, 3.63) is 39.9 Å². The summed E-state index contributed by atoms with van der Waals surface area (Å²) >= 11 is 0. The molecule has 1 atom stereocenters. The number of carbonyl (C=O) groups is 2. The van der Waals surface area contributed by atoms with E-state index in [1.165, 1.54) is 11.0 Å². The number of benzene rings is 1. The number of nitro groups is 1. The van der Waals surface area contributed by atoms with Crippen LogP contribution in [0.3, 0.4) is 0 Å². The quantitative estimate of drug-likeness (QED) is 0.644. The average molecular weight is 278 g/mol. The van der Waals surface area contributed by atoms with Gasteiger partial charge >= 0.3 is 5.97 Å². The van der Waals surface area contributed by atoms with Crippen LogP contribution in [-0.4, -0.2) is 39.4 Å². The second-order valence-corrected chi connectivity index (χ2v) is 4.62. The molecule has 1 amide bonds. The summed E-state index contributed by atoms with van der Waals surface area (Å²) < 4.78 is 0. The molecule has 7 heteroatoms. The Hall–Kier alpha value is -2.44. The van der Waals surface area contributed by atoms with Crippen LogP contribution in [0.25, 0.3) is 0 Å². The first-order valence-electron chi connectivity index (χ1n) is 6.25. The van der Waals surface area contributed by atoms with Crippen molar-refractivity contribution < 1.29 is 19.6 Å². The van der Waals surface area contributed by atoms with Gasteiger partial charge in [0.25, 0.3) is 5.69 Å². The summed E-state index contributed by atoms with van der Waals surface area (Å²) in [4.78, 5) is 34.4. The first-order chi connectivity index (χ1) is 9.50. The van der Waals surface area contributed by atoms with Crippen LogP contribution >= 0.6 is 0 Å². The molecule has 1 heterocycles. The Kier molecular flexibility index (Phi) is 3.97. The lowest BCUT2D eigenvalue weighted by molar-refractivity contribution is -0.385. The molecule has 1 N–H and O–H groups in total. The minimum atomic E-state index is -1.03. The third kappa shape index (κ3) is 2.76. The molecule has 1 saturated heterocycles. The molecular weight excluding hydrogens is 264 g/mol. The third-order valence-corrected chi connectivity index (χ3v) is 3.42. The van der Waals surface area contributed by atoms with E-state index in [1.54, 1.807) is 18.2 Å². The number of hydrogen-bond donors (Lipinski definition) is 1. The first-order valence-corrected chi connectivity index (χ1v) is 6.25. The van der Waals surface area contributed by atoms with Crippen molar-refractivity contribution in [3.8, 4) is 0 Å². The molecule has 7 nitrogen and oxygen atoms in total. The number of aliphatic carboxylic acids is 1. The predicted molar refractivity (Wildman–Crippen MR) is 69.2 cm³/mol. The van der Waals surface area contributed by atoms with Gasteiger partial charge in [0.05, 0.1) is 4.92 Å². The van der Waals surface area contributed by atoms with E-state index in [0.29, 0.717) is 12.0 Å². The molecular formula is C13H14N2O5. The lowest BCUT2D eigenvalue weighted by Crippen LogP contribution is -2.39. The smallest absolute Gasteiger partial charge is 0.326 e. The Bertz CT molecular complexity index is 557. The van der Waals surface area contributed by atoms with Gasteiger partial charge in [-0.3, -0.25) is 14.9 Å². The van der Waals surface area contributed by atoms with Gasteiger partial charge in [-0.15, -0.1) is 0 Å². The molecule has 0 spiro atoms. The minimum absolute atomic E-state index is 0.00831. The van der Waals surface area contributed by atoms with Crippen LogP contribution in [0.1, 0.15) is 18.4 Å². The van der Waals surface area contributed by atoms with Crippen molar-refractivity contribution >= 4 is 17.6 Å². The summed E-state index contributed by atoms with van der Waals surface area (Å²) in [6, 6.07) is 5.46. The predicted octanol–water partition coefficient (Wildman–Crippen LogP) is 1.21. The topological polar surface area (TPSA) is 101 Å². The van der Waals surface area contributed by atoms with E-state index >= 15 is 0 Å². The number of rotatable bonds is 5. The maximum absolute atomic E-state index is 11.7.